The zero-order valence-corrected chi connectivity index (χ0v) is 15.4. The molecule has 7 nitrogen and oxygen atoms in total. The minimum absolute atomic E-state index is 0.178. The number of hydrogen-bond acceptors (Lipinski definition) is 6. The van der Waals surface area contributed by atoms with E-state index in [1.807, 2.05) is 26.8 Å². The number of nitrogens with zero attached hydrogens (tertiary/aromatic N) is 4. The van der Waals surface area contributed by atoms with Gasteiger partial charge in [-0.2, -0.15) is 0 Å². The molecule has 0 aliphatic carbocycles. The smallest absolute Gasteiger partial charge is 0.410 e. The van der Waals surface area contributed by atoms with E-state index in [-0.39, 0.29) is 12.1 Å². The highest BCUT2D eigenvalue weighted by Crippen LogP contribution is 2.19. The first-order valence-corrected chi connectivity index (χ1v) is 8.63. The summed E-state index contributed by atoms with van der Waals surface area (Å²) < 4.78 is 5.43. The first-order valence-electron chi connectivity index (χ1n) is 8.63. The Balaban J connectivity index is 1.94. The molecule has 1 aromatic heterocycles. The fourth-order valence-corrected chi connectivity index (χ4v) is 2.73. The summed E-state index contributed by atoms with van der Waals surface area (Å²) in [4.78, 5) is 24.7. The second-order valence-corrected chi connectivity index (χ2v) is 6.99. The average Bonchev–Trinajstić information content (AvgIpc) is 2.96. The predicted molar refractivity (Wildman–Crippen MR) is 95.4 cm³/mol. The van der Waals surface area contributed by atoms with Crippen molar-refractivity contribution in [1.82, 2.24) is 14.9 Å². The van der Waals surface area contributed by atoms with Gasteiger partial charge in [0.15, 0.2) is 0 Å². The summed E-state index contributed by atoms with van der Waals surface area (Å²) in [5.41, 5.74) is -0.464. The summed E-state index contributed by atoms with van der Waals surface area (Å²) in [6, 6.07) is 2.14. The van der Waals surface area contributed by atoms with Crippen LogP contribution < -0.4 is 10.2 Å². The molecule has 0 aromatic carbocycles. The van der Waals surface area contributed by atoms with Crippen LogP contribution in [0.5, 0.6) is 0 Å². The molecule has 1 atom stereocenters. The van der Waals surface area contributed by atoms with E-state index >= 15 is 0 Å². The average molecular weight is 335 g/mol. The van der Waals surface area contributed by atoms with Crippen LogP contribution in [-0.2, 0) is 4.74 Å². The van der Waals surface area contributed by atoms with Crippen LogP contribution in [-0.4, -0.2) is 58.8 Å². The summed E-state index contributed by atoms with van der Waals surface area (Å²) in [5, 5.41) is 3.40. The molecule has 1 N–H and O–H groups in total. The van der Waals surface area contributed by atoms with Crippen molar-refractivity contribution in [2.75, 3.05) is 36.4 Å². The Hall–Kier alpha value is -2.05. The highest BCUT2D eigenvalue weighted by atomic mass is 16.6. The Labute approximate surface area is 144 Å². The molecule has 1 aliphatic rings. The Bertz CT molecular complexity index is 554. The molecule has 0 unspecified atom stereocenters. The summed E-state index contributed by atoms with van der Waals surface area (Å²) in [6.45, 7) is 13.0. The fourth-order valence-electron chi connectivity index (χ4n) is 2.73. The van der Waals surface area contributed by atoms with E-state index in [0.29, 0.717) is 13.1 Å². The van der Waals surface area contributed by atoms with Crippen molar-refractivity contribution in [2.24, 2.45) is 0 Å². The molecule has 0 spiro atoms. The monoisotopic (exact) mass is 335 g/mol. The van der Waals surface area contributed by atoms with Gasteiger partial charge in [0.2, 0.25) is 0 Å². The third-order valence-corrected chi connectivity index (χ3v) is 3.93. The van der Waals surface area contributed by atoms with E-state index in [0.717, 1.165) is 31.1 Å². The summed E-state index contributed by atoms with van der Waals surface area (Å²) in [7, 11) is 0. The number of ether oxygens (including phenoxy) is 1. The van der Waals surface area contributed by atoms with Gasteiger partial charge in [-0.25, -0.2) is 14.8 Å². The molecule has 1 fully saturated rings. The van der Waals surface area contributed by atoms with Gasteiger partial charge in [0.05, 0.1) is 0 Å². The predicted octanol–water partition coefficient (Wildman–Crippen LogP) is 2.74. The van der Waals surface area contributed by atoms with Crippen LogP contribution in [0.15, 0.2) is 12.4 Å². The van der Waals surface area contributed by atoms with E-state index in [1.165, 1.54) is 0 Å². The fraction of sp³-hybridized carbons (Fsp3) is 0.706. The van der Waals surface area contributed by atoms with Crippen LogP contribution in [0.25, 0.3) is 0 Å². The Morgan fingerprint density at radius 3 is 2.71 bits per heavy atom. The van der Waals surface area contributed by atoms with Gasteiger partial charge in [-0.1, -0.05) is 0 Å². The molecule has 2 heterocycles. The number of carbonyl (C=O) groups excluding carboxylic acids is 1. The lowest BCUT2D eigenvalue weighted by Gasteiger charge is -2.24. The third kappa shape index (κ3) is 4.97. The van der Waals surface area contributed by atoms with Crippen LogP contribution in [0.1, 0.15) is 41.0 Å². The molecule has 7 heteroatoms. The quantitative estimate of drug-likeness (QED) is 0.892. The normalized spacial score (nSPS) is 17.7. The maximum Gasteiger partial charge on any atom is 0.410 e. The first-order chi connectivity index (χ1) is 11.3. The van der Waals surface area contributed by atoms with E-state index in [1.54, 1.807) is 11.2 Å². The number of carbonyl (C=O) groups is 1. The molecule has 24 heavy (non-hydrogen) atoms. The minimum Gasteiger partial charge on any atom is -0.444 e. The molecule has 1 aliphatic heterocycles. The number of amides is 1. The van der Waals surface area contributed by atoms with Gasteiger partial charge in [-0.3, -0.25) is 0 Å². The molecule has 0 bridgehead atoms. The summed E-state index contributed by atoms with van der Waals surface area (Å²) >= 11 is 0. The molecule has 1 saturated heterocycles. The van der Waals surface area contributed by atoms with Crippen molar-refractivity contribution in [3.8, 4) is 0 Å². The molecule has 134 valence electrons. The number of nitrogens with one attached hydrogen (secondary N) is 1. The molecule has 1 aromatic rings. The second kappa shape index (κ2) is 7.68. The van der Waals surface area contributed by atoms with Gasteiger partial charge in [0.25, 0.3) is 0 Å². The van der Waals surface area contributed by atoms with Crippen molar-refractivity contribution in [3.63, 3.8) is 0 Å². The van der Waals surface area contributed by atoms with E-state index < -0.39 is 5.60 Å². The van der Waals surface area contributed by atoms with Crippen molar-refractivity contribution >= 4 is 17.7 Å². The van der Waals surface area contributed by atoms with Crippen molar-refractivity contribution in [1.29, 1.82) is 0 Å². The van der Waals surface area contributed by atoms with Crippen molar-refractivity contribution < 1.29 is 9.53 Å². The highest BCUT2D eigenvalue weighted by Gasteiger charge is 2.29. The minimum atomic E-state index is -0.464. The first kappa shape index (κ1) is 18.3. The Morgan fingerprint density at radius 2 is 2.08 bits per heavy atom. The van der Waals surface area contributed by atoms with Gasteiger partial charge >= 0.3 is 6.09 Å². The van der Waals surface area contributed by atoms with Gasteiger partial charge < -0.3 is 19.9 Å². The number of anilines is 2. The SMILES string of the molecule is CCN(CC)c1cc(N[C@H]2CCN(C(=O)OC(C)(C)C)C2)ncn1. The standard InChI is InChI=1S/C17H29N5O2/c1-6-21(7-2)15-10-14(18-12-19-15)20-13-8-9-22(11-13)16(23)24-17(3,4)5/h10,12-13H,6-9,11H2,1-5H3,(H,18,19,20)/t13-/m0/s1. The summed E-state index contributed by atoms with van der Waals surface area (Å²) in [6.07, 6.45) is 2.21. The molecule has 2 rings (SSSR count). The third-order valence-electron chi connectivity index (χ3n) is 3.93. The Kier molecular flexibility index (Phi) is 5.85. The van der Waals surface area contributed by atoms with Crippen LogP contribution in [0.2, 0.25) is 0 Å². The molecular formula is C17H29N5O2. The van der Waals surface area contributed by atoms with Crippen molar-refractivity contribution in [3.05, 3.63) is 12.4 Å². The van der Waals surface area contributed by atoms with E-state index in [2.05, 4.69) is 34.0 Å². The van der Waals surface area contributed by atoms with Crippen LogP contribution >= 0.6 is 0 Å². The lowest BCUT2D eigenvalue weighted by molar-refractivity contribution is 0.0293. The Morgan fingerprint density at radius 1 is 1.38 bits per heavy atom. The van der Waals surface area contributed by atoms with E-state index in [9.17, 15) is 4.79 Å². The number of likely N-dealkylation sites (tertiary alicyclic amines) is 1. The molecule has 0 radical (unpaired) electrons. The maximum absolute atomic E-state index is 12.1. The van der Waals surface area contributed by atoms with Crippen LogP contribution in [0.3, 0.4) is 0 Å². The van der Waals surface area contributed by atoms with Crippen molar-refractivity contribution in [2.45, 2.75) is 52.7 Å². The highest BCUT2D eigenvalue weighted by molar-refractivity contribution is 5.68. The lowest BCUT2D eigenvalue weighted by atomic mass is 10.2. The zero-order valence-electron chi connectivity index (χ0n) is 15.4. The molecule has 0 saturated carbocycles. The van der Waals surface area contributed by atoms with Gasteiger partial charge in [0.1, 0.15) is 23.6 Å². The van der Waals surface area contributed by atoms with E-state index in [4.69, 9.17) is 4.74 Å². The topological polar surface area (TPSA) is 70.6 Å². The van der Waals surface area contributed by atoms with Gasteiger partial charge in [-0.15, -0.1) is 0 Å². The second-order valence-electron chi connectivity index (χ2n) is 6.99. The number of rotatable bonds is 5. The number of aromatic nitrogens is 2. The van der Waals surface area contributed by atoms with Gasteiger partial charge in [0, 0.05) is 38.3 Å². The largest absolute Gasteiger partial charge is 0.444 e. The van der Waals surface area contributed by atoms with Crippen LogP contribution in [0, 0.1) is 0 Å². The number of hydrogen-bond donors (Lipinski definition) is 1. The summed E-state index contributed by atoms with van der Waals surface area (Å²) in [5.74, 6) is 1.71. The maximum atomic E-state index is 12.1. The molecular weight excluding hydrogens is 306 g/mol. The lowest BCUT2D eigenvalue weighted by Crippen LogP contribution is -2.36. The van der Waals surface area contributed by atoms with Crippen LogP contribution in [0.4, 0.5) is 16.4 Å². The zero-order chi connectivity index (χ0) is 17.7. The molecule has 1 amide bonds. The van der Waals surface area contributed by atoms with Gasteiger partial charge in [-0.05, 0) is 41.0 Å².